The molecule has 22 heavy (non-hydrogen) atoms. The van der Waals surface area contributed by atoms with Crippen molar-refractivity contribution in [3.05, 3.63) is 53.4 Å². The Morgan fingerprint density at radius 3 is 3.00 bits per heavy atom. The highest BCUT2D eigenvalue weighted by atomic mass is 16.5. The number of fused-ring (bicyclic) bond motifs is 1. The molecular weight excluding hydrogens is 278 g/mol. The predicted molar refractivity (Wildman–Crippen MR) is 80.4 cm³/mol. The zero-order chi connectivity index (χ0) is 14.9. The minimum absolute atomic E-state index is 0.499. The zero-order valence-electron chi connectivity index (χ0n) is 12.5. The van der Waals surface area contributed by atoms with E-state index in [2.05, 4.69) is 39.4 Å². The first-order valence-electron chi connectivity index (χ1n) is 7.62. The Kier molecular flexibility index (Phi) is 3.25. The fourth-order valence-electron chi connectivity index (χ4n) is 3.17. The average molecular weight is 295 g/mol. The summed E-state index contributed by atoms with van der Waals surface area (Å²) in [7, 11) is 0. The van der Waals surface area contributed by atoms with Crippen molar-refractivity contribution in [1.29, 1.82) is 0 Å². The number of hydrogen-bond acceptors (Lipinski definition) is 5. The zero-order valence-corrected chi connectivity index (χ0v) is 12.5. The Hall–Kier alpha value is -2.43. The maximum absolute atomic E-state index is 5.33. The Morgan fingerprint density at radius 2 is 2.14 bits per heavy atom. The van der Waals surface area contributed by atoms with Crippen molar-refractivity contribution >= 4 is 0 Å². The van der Waals surface area contributed by atoms with Crippen molar-refractivity contribution < 1.29 is 8.94 Å². The van der Waals surface area contributed by atoms with Gasteiger partial charge in [0.15, 0.2) is 5.89 Å². The molecule has 0 bridgehead atoms. The van der Waals surface area contributed by atoms with E-state index in [1.807, 2.05) is 0 Å². The molecule has 0 amide bonds. The number of hydrogen-bond donors (Lipinski definition) is 0. The molecule has 0 fully saturated rings. The summed E-state index contributed by atoms with van der Waals surface area (Å²) in [6.45, 7) is 1.79. The largest absolute Gasteiger partial charge is 0.449 e. The van der Waals surface area contributed by atoms with E-state index in [9.17, 15) is 0 Å². The summed E-state index contributed by atoms with van der Waals surface area (Å²) in [5.41, 5.74) is 3.59. The summed E-state index contributed by atoms with van der Waals surface area (Å²) in [4.78, 5) is 8.62. The van der Waals surface area contributed by atoms with E-state index < -0.39 is 0 Å². The van der Waals surface area contributed by atoms with Crippen LogP contribution in [0.15, 0.2) is 39.5 Å². The molecule has 112 valence electrons. The molecule has 2 heterocycles. The van der Waals surface area contributed by atoms with E-state index in [0.29, 0.717) is 29.2 Å². The Labute approximate surface area is 128 Å². The molecule has 1 unspecified atom stereocenters. The highest BCUT2D eigenvalue weighted by Gasteiger charge is 2.22. The molecule has 1 atom stereocenters. The van der Waals surface area contributed by atoms with Crippen molar-refractivity contribution in [3.8, 4) is 11.5 Å². The first kappa shape index (κ1) is 13.2. The van der Waals surface area contributed by atoms with Crippen LogP contribution >= 0.6 is 0 Å². The van der Waals surface area contributed by atoms with Crippen LogP contribution in [0, 0.1) is 6.92 Å². The molecule has 0 spiro atoms. The number of nitrogens with zero attached hydrogens (tertiary/aromatic N) is 3. The van der Waals surface area contributed by atoms with Crippen LogP contribution in [-0.2, 0) is 12.8 Å². The second kappa shape index (κ2) is 5.40. The molecule has 5 heteroatoms. The van der Waals surface area contributed by atoms with Gasteiger partial charge in [0.25, 0.3) is 0 Å². The molecule has 0 radical (unpaired) electrons. The number of aromatic nitrogens is 3. The van der Waals surface area contributed by atoms with Gasteiger partial charge in [0, 0.05) is 13.3 Å². The lowest BCUT2D eigenvalue weighted by Crippen LogP contribution is -1.97. The third-order valence-corrected chi connectivity index (χ3v) is 4.28. The lowest BCUT2D eigenvalue weighted by atomic mass is 9.96. The summed E-state index contributed by atoms with van der Waals surface area (Å²) in [5.74, 6) is 2.36. The molecule has 0 saturated heterocycles. The first-order valence-corrected chi connectivity index (χ1v) is 7.62. The minimum Gasteiger partial charge on any atom is -0.449 e. The van der Waals surface area contributed by atoms with Crippen molar-refractivity contribution in [2.45, 2.75) is 38.5 Å². The van der Waals surface area contributed by atoms with Crippen molar-refractivity contribution in [2.75, 3.05) is 0 Å². The predicted octanol–water partition coefficient (Wildman–Crippen LogP) is 3.70. The van der Waals surface area contributed by atoms with Crippen LogP contribution in [0.25, 0.3) is 11.5 Å². The second-order valence-electron chi connectivity index (χ2n) is 5.74. The SMILES string of the molecule is Cc1nc(-c2noc(CCC3CCc4ccccc43)n2)co1. The van der Waals surface area contributed by atoms with Crippen LogP contribution in [0.3, 0.4) is 0 Å². The van der Waals surface area contributed by atoms with Crippen molar-refractivity contribution in [2.24, 2.45) is 0 Å². The van der Waals surface area contributed by atoms with Gasteiger partial charge in [0.1, 0.15) is 12.0 Å². The summed E-state index contributed by atoms with van der Waals surface area (Å²) >= 11 is 0. The number of aryl methyl sites for hydroxylation is 3. The molecule has 1 aromatic carbocycles. The van der Waals surface area contributed by atoms with E-state index in [0.717, 1.165) is 12.8 Å². The molecule has 1 aliphatic rings. The van der Waals surface area contributed by atoms with Crippen molar-refractivity contribution in [3.63, 3.8) is 0 Å². The molecule has 4 rings (SSSR count). The van der Waals surface area contributed by atoms with E-state index >= 15 is 0 Å². The lowest BCUT2D eigenvalue weighted by Gasteiger charge is -2.09. The van der Waals surface area contributed by atoms with Gasteiger partial charge in [-0.15, -0.1) is 0 Å². The smallest absolute Gasteiger partial charge is 0.227 e. The molecule has 0 saturated carbocycles. The summed E-state index contributed by atoms with van der Waals surface area (Å²) in [6.07, 6.45) is 5.77. The molecule has 0 N–H and O–H groups in total. The third-order valence-electron chi connectivity index (χ3n) is 4.28. The van der Waals surface area contributed by atoms with E-state index in [1.165, 1.54) is 24.0 Å². The fourth-order valence-corrected chi connectivity index (χ4v) is 3.17. The summed E-state index contributed by atoms with van der Waals surface area (Å²) < 4.78 is 10.5. The van der Waals surface area contributed by atoms with E-state index in [1.54, 1.807) is 13.2 Å². The van der Waals surface area contributed by atoms with Gasteiger partial charge < -0.3 is 8.94 Å². The van der Waals surface area contributed by atoms with Gasteiger partial charge in [0.2, 0.25) is 11.7 Å². The molecule has 3 aromatic rings. The summed E-state index contributed by atoms with van der Waals surface area (Å²) in [5, 5.41) is 3.98. The number of oxazole rings is 1. The van der Waals surface area contributed by atoms with Gasteiger partial charge in [-0.25, -0.2) is 4.98 Å². The lowest BCUT2D eigenvalue weighted by molar-refractivity contribution is 0.371. The van der Waals surface area contributed by atoms with E-state index in [4.69, 9.17) is 8.94 Å². The van der Waals surface area contributed by atoms with Gasteiger partial charge in [-0.1, -0.05) is 29.4 Å². The summed E-state index contributed by atoms with van der Waals surface area (Å²) in [6, 6.07) is 8.71. The van der Waals surface area contributed by atoms with Gasteiger partial charge in [-0.2, -0.15) is 4.98 Å². The van der Waals surface area contributed by atoms with Crippen LogP contribution in [0.4, 0.5) is 0 Å². The highest BCUT2D eigenvalue weighted by molar-refractivity contribution is 5.45. The van der Waals surface area contributed by atoms with Crippen molar-refractivity contribution in [1.82, 2.24) is 15.1 Å². The Bertz CT molecular complexity index is 791. The highest BCUT2D eigenvalue weighted by Crippen LogP contribution is 2.35. The Morgan fingerprint density at radius 1 is 1.23 bits per heavy atom. The maximum Gasteiger partial charge on any atom is 0.227 e. The van der Waals surface area contributed by atoms with Crippen LogP contribution in [0.5, 0.6) is 0 Å². The van der Waals surface area contributed by atoms with Gasteiger partial charge in [0.05, 0.1) is 0 Å². The van der Waals surface area contributed by atoms with Crippen LogP contribution in [0.2, 0.25) is 0 Å². The molecular formula is C17H17N3O2. The Balaban J connectivity index is 1.44. The average Bonchev–Trinajstić information content (AvgIpc) is 3.24. The monoisotopic (exact) mass is 295 g/mol. The normalized spacial score (nSPS) is 16.9. The molecule has 1 aliphatic carbocycles. The number of benzene rings is 1. The van der Waals surface area contributed by atoms with E-state index in [-0.39, 0.29) is 0 Å². The first-order chi connectivity index (χ1) is 10.8. The van der Waals surface area contributed by atoms with Gasteiger partial charge >= 0.3 is 0 Å². The minimum atomic E-state index is 0.499. The van der Waals surface area contributed by atoms with Crippen LogP contribution < -0.4 is 0 Å². The topological polar surface area (TPSA) is 65.0 Å². The quantitative estimate of drug-likeness (QED) is 0.734. The van der Waals surface area contributed by atoms with Crippen LogP contribution in [0.1, 0.15) is 41.7 Å². The third kappa shape index (κ3) is 2.43. The van der Waals surface area contributed by atoms with Gasteiger partial charge in [-0.05, 0) is 36.3 Å². The molecule has 2 aromatic heterocycles. The van der Waals surface area contributed by atoms with Gasteiger partial charge in [-0.3, -0.25) is 0 Å². The second-order valence-corrected chi connectivity index (χ2v) is 5.74. The molecule has 5 nitrogen and oxygen atoms in total. The number of rotatable bonds is 4. The fraction of sp³-hybridized carbons (Fsp3) is 0.353. The maximum atomic E-state index is 5.33. The molecule has 0 aliphatic heterocycles. The standard InChI is InChI=1S/C17H17N3O2/c1-11-18-15(10-21-11)17-19-16(22-20-17)9-8-13-7-6-12-4-2-3-5-14(12)13/h2-5,10,13H,6-9H2,1H3. The van der Waals surface area contributed by atoms with Crippen LogP contribution in [-0.4, -0.2) is 15.1 Å².